The highest BCUT2D eigenvalue weighted by Crippen LogP contribution is 2.36. The molecule has 0 spiro atoms. The summed E-state index contributed by atoms with van der Waals surface area (Å²) >= 11 is 0.409. The van der Waals surface area contributed by atoms with Crippen molar-refractivity contribution in [2.24, 2.45) is 5.84 Å². The molecule has 1 unspecified atom stereocenters. The Balaban J connectivity index is 2.38. The molecule has 114 valence electrons. The van der Waals surface area contributed by atoms with Gasteiger partial charge in [0.05, 0.1) is 13.2 Å². The molecule has 0 amide bonds. The summed E-state index contributed by atoms with van der Waals surface area (Å²) in [4.78, 5) is 3.46. The predicted octanol–water partition coefficient (Wildman–Crippen LogP) is 2.86. The number of methoxy groups -OCH3 is 1. The van der Waals surface area contributed by atoms with Gasteiger partial charge in [0, 0.05) is 22.7 Å². The SMILES string of the molecule is COc1ccc(C(NN)c2cnc(C(F)(F)F)s2)c(F)c1. The van der Waals surface area contributed by atoms with Gasteiger partial charge in [0.1, 0.15) is 11.6 Å². The Labute approximate surface area is 121 Å². The first-order valence-electron chi connectivity index (χ1n) is 5.69. The molecule has 0 radical (unpaired) electrons. The summed E-state index contributed by atoms with van der Waals surface area (Å²) in [5.74, 6) is 5.00. The topological polar surface area (TPSA) is 60.2 Å². The van der Waals surface area contributed by atoms with E-state index in [-0.39, 0.29) is 10.4 Å². The molecule has 9 heteroatoms. The third kappa shape index (κ3) is 3.31. The van der Waals surface area contributed by atoms with E-state index in [0.29, 0.717) is 17.1 Å². The van der Waals surface area contributed by atoms with Gasteiger partial charge in [-0.15, -0.1) is 11.3 Å². The van der Waals surface area contributed by atoms with Crippen LogP contribution in [-0.4, -0.2) is 12.1 Å². The Hall–Kier alpha value is -1.71. The number of benzene rings is 1. The lowest BCUT2D eigenvalue weighted by molar-refractivity contribution is -0.137. The number of nitrogens with zero attached hydrogens (tertiary/aromatic N) is 1. The number of hydrazine groups is 1. The van der Waals surface area contributed by atoms with Crippen LogP contribution in [0.15, 0.2) is 24.4 Å². The Morgan fingerprint density at radius 1 is 1.38 bits per heavy atom. The molecule has 2 aromatic rings. The molecule has 0 aliphatic rings. The van der Waals surface area contributed by atoms with Crippen molar-refractivity contribution >= 4 is 11.3 Å². The largest absolute Gasteiger partial charge is 0.497 e. The van der Waals surface area contributed by atoms with Crippen molar-refractivity contribution in [2.75, 3.05) is 7.11 Å². The molecule has 4 nitrogen and oxygen atoms in total. The summed E-state index contributed by atoms with van der Waals surface area (Å²) in [7, 11) is 1.38. The Bertz CT molecular complexity index is 629. The zero-order chi connectivity index (χ0) is 15.6. The molecule has 0 aliphatic heterocycles. The van der Waals surface area contributed by atoms with Crippen molar-refractivity contribution < 1.29 is 22.3 Å². The maximum absolute atomic E-state index is 14.0. The lowest BCUT2D eigenvalue weighted by Crippen LogP contribution is -2.29. The molecule has 0 saturated heterocycles. The van der Waals surface area contributed by atoms with Gasteiger partial charge in [-0.05, 0) is 6.07 Å². The summed E-state index contributed by atoms with van der Waals surface area (Å²) in [6.07, 6.45) is -3.51. The van der Waals surface area contributed by atoms with Crippen LogP contribution in [0.5, 0.6) is 5.75 Å². The molecule has 0 fully saturated rings. The highest BCUT2D eigenvalue weighted by atomic mass is 32.1. The van der Waals surface area contributed by atoms with Crippen LogP contribution in [0.3, 0.4) is 0 Å². The van der Waals surface area contributed by atoms with Crippen LogP contribution in [0.25, 0.3) is 0 Å². The first-order chi connectivity index (χ1) is 9.86. The molecular weight excluding hydrogens is 310 g/mol. The number of ether oxygens (including phenoxy) is 1. The quantitative estimate of drug-likeness (QED) is 0.516. The van der Waals surface area contributed by atoms with Crippen molar-refractivity contribution in [1.82, 2.24) is 10.4 Å². The van der Waals surface area contributed by atoms with Gasteiger partial charge >= 0.3 is 6.18 Å². The highest BCUT2D eigenvalue weighted by Gasteiger charge is 2.35. The lowest BCUT2D eigenvalue weighted by Gasteiger charge is -2.15. The second-order valence-corrected chi connectivity index (χ2v) is 5.11. The fraction of sp³-hybridized carbons (Fsp3) is 0.250. The van der Waals surface area contributed by atoms with E-state index >= 15 is 0 Å². The molecule has 0 saturated carbocycles. The Kier molecular flexibility index (Phi) is 4.45. The van der Waals surface area contributed by atoms with E-state index in [0.717, 1.165) is 12.3 Å². The van der Waals surface area contributed by atoms with Crippen molar-refractivity contribution in [2.45, 2.75) is 12.2 Å². The van der Waals surface area contributed by atoms with Gasteiger partial charge < -0.3 is 4.74 Å². The second-order valence-electron chi connectivity index (χ2n) is 4.05. The zero-order valence-electron chi connectivity index (χ0n) is 10.7. The van der Waals surface area contributed by atoms with Crippen molar-refractivity contribution in [3.8, 4) is 5.75 Å². The summed E-state index contributed by atoms with van der Waals surface area (Å²) in [5.41, 5.74) is 2.41. The van der Waals surface area contributed by atoms with Crippen molar-refractivity contribution in [1.29, 1.82) is 0 Å². The van der Waals surface area contributed by atoms with Gasteiger partial charge in [0.25, 0.3) is 0 Å². The number of hydrogen-bond donors (Lipinski definition) is 2. The van der Waals surface area contributed by atoms with Crippen LogP contribution >= 0.6 is 11.3 Å². The number of thiazole rings is 1. The van der Waals surface area contributed by atoms with Gasteiger partial charge in [-0.2, -0.15) is 13.2 Å². The van der Waals surface area contributed by atoms with E-state index in [1.165, 1.54) is 19.2 Å². The number of hydrogen-bond acceptors (Lipinski definition) is 5. The smallest absolute Gasteiger partial charge is 0.443 e. The maximum Gasteiger partial charge on any atom is 0.443 e. The van der Waals surface area contributed by atoms with E-state index in [2.05, 4.69) is 10.4 Å². The van der Waals surface area contributed by atoms with E-state index in [1.807, 2.05) is 0 Å². The molecule has 0 bridgehead atoms. The summed E-state index contributed by atoms with van der Waals surface area (Å²) < 4.78 is 56.5. The standard InChI is InChI=1S/C12H11F4N3OS/c1-20-6-2-3-7(8(13)4-6)10(19-17)9-5-18-11(21-9)12(14,15)16/h2-5,10,19H,17H2,1H3. The van der Waals surface area contributed by atoms with E-state index < -0.39 is 23.0 Å². The Morgan fingerprint density at radius 3 is 2.57 bits per heavy atom. The molecule has 3 N–H and O–H groups in total. The van der Waals surface area contributed by atoms with Crippen LogP contribution in [0.4, 0.5) is 17.6 Å². The molecule has 2 rings (SSSR count). The van der Waals surface area contributed by atoms with Crippen LogP contribution in [-0.2, 0) is 6.18 Å². The first kappa shape index (κ1) is 15.7. The molecule has 0 aliphatic carbocycles. The van der Waals surface area contributed by atoms with Crippen LogP contribution in [0, 0.1) is 5.82 Å². The molecule has 1 heterocycles. The zero-order valence-corrected chi connectivity index (χ0v) is 11.6. The second kappa shape index (κ2) is 5.96. The van der Waals surface area contributed by atoms with Gasteiger partial charge in [-0.25, -0.2) is 14.8 Å². The third-order valence-electron chi connectivity index (χ3n) is 2.74. The molecular formula is C12H11F4N3OS. The fourth-order valence-corrected chi connectivity index (χ4v) is 2.61. The average molecular weight is 321 g/mol. The summed E-state index contributed by atoms with van der Waals surface area (Å²) in [6.45, 7) is 0. The minimum atomic E-state index is -4.54. The average Bonchev–Trinajstić information content (AvgIpc) is 2.91. The number of alkyl halides is 3. The number of nitrogens with one attached hydrogen (secondary N) is 1. The number of aromatic nitrogens is 1. The van der Waals surface area contributed by atoms with E-state index in [1.54, 1.807) is 0 Å². The van der Waals surface area contributed by atoms with Gasteiger partial charge in [-0.1, -0.05) is 6.07 Å². The monoisotopic (exact) mass is 321 g/mol. The predicted molar refractivity (Wildman–Crippen MR) is 69.2 cm³/mol. The third-order valence-corrected chi connectivity index (χ3v) is 3.84. The van der Waals surface area contributed by atoms with Gasteiger partial charge in [0.15, 0.2) is 5.01 Å². The molecule has 1 aromatic heterocycles. The molecule has 1 aromatic carbocycles. The van der Waals surface area contributed by atoms with Crippen molar-refractivity contribution in [3.05, 3.63) is 45.7 Å². The van der Waals surface area contributed by atoms with Crippen molar-refractivity contribution in [3.63, 3.8) is 0 Å². The van der Waals surface area contributed by atoms with Gasteiger partial charge in [-0.3, -0.25) is 5.84 Å². The maximum atomic E-state index is 14.0. The number of halogens is 4. The number of rotatable bonds is 4. The van der Waals surface area contributed by atoms with E-state index in [4.69, 9.17) is 10.6 Å². The van der Waals surface area contributed by atoms with Crippen LogP contribution in [0.1, 0.15) is 21.5 Å². The molecule has 1 atom stereocenters. The highest BCUT2D eigenvalue weighted by molar-refractivity contribution is 7.11. The minimum absolute atomic E-state index is 0.107. The minimum Gasteiger partial charge on any atom is -0.497 e. The summed E-state index contributed by atoms with van der Waals surface area (Å²) in [5, 5.41) is -1.01. The summed E-state index contributed by atoms with van der Waals surface area (Å²) in [6, 6.07) is 3.09. The fourth-order valence-electron chi connectivity index (χ4n) is 1.75. The normalized spacial score (nSPS) is 13.2. The first-order valence-corrected chi connectivity index (χ1v) is 6.51. The molecule has 21 heavy (non-hydrogen) atoms. The Morgan fingerprint density at radius 2 is 2.10 bits per heavy atom. The van der Waals surface area contributed by atoms with Crippen LogP contribution < -0.4 is 16.0 Å². The lowest BCUT2D eigenvalue weighted by atomic mass is 10.1. The van der Waals surface area contributed by atoms with Crippen LogP contribution in [0.2, 0.25) is 0 Å². The van der Waals surface area contributed by atoms with E-state index in [9.17, 15) is 17.6 Å². The number of nitrogens with two attached hydrogens (primary N) is 1. The van der Waals surface area contributed by atoms with Gasteiger partial charge in [0.2, 0.25) is 0 Å².